The van der Waals surface area contributed by atoms with Crippen molar-refractivity contribution < 1.29 is 30.3 Å². The fourth-order valence-electron chi connectivity index (χ4n) is 9.13. The molecule has 9 atom stereocenters. The van der Waals surface area contributed by atoms with Crippen LogP contribution in [0.25, 0.3) is 0 Å². The lowest BCUT2D eigenvalue weighted by molar-refractivity contribution is -0.00708. The molecule has 3 aromatic rings. The third-order valence-corrected chi connectivity index (χ3v) is 12.0. The number of hydrogen-bond donors (Lipinski definition) is 6. The number of hydrogen-bond acceptors (Lipinski definition) is 8. The van der Waals surface area contributed by atoms with Crippen molar-refractivity contribution in [2.75, 3.05) is 12.3 Å². The average Bonchev–Trinajstić information content (AvgIpc) is 3.83. The van der Waals surface area contributed by atoms with E-state index < -0.39 is 30.3 Å². The Labute approximate surface area is 308 Å². The monoisotopic (exact) mass is 710 g/mol. The van der Waals surface area contributed by atoms with Crippen molar-refractivity contribution in [2.45, 2.75) is 126 Å². The predicted octanol–water partition coefficient (Wildman–Crippen LogP) is 6.10. The maximum atomic E-state index is 11.6. The number of nitrogen functional groups attached to an aromatic ring is 1. The SMILES string of the molecule is CC[C@@H]1C#C[C@@H]2C=C[C@@H](c3ccc(O)c(O[C@H](C[C@H](c4ccnc(N)c4)C4(c5ccc[n-]5)CCCC4)[C@H](O)CCO)c3)C[C@@H](O)[C@H]2[C@@H](O)CCCC1. The van der Waals surface area contributed by atoms with Crippen LogP contribution < -0.4 is 15.5 Å². The van der Waals surface area contributed by atoms with E-state index >= 15 is 0 Å². The van der Waals surface area contributed by atoms with Crippen LogP contribution in [0, 0.1) is 29.6 Å². The van der Waals surface area contributed by atoms with E-state index in [2.05, 4.69) is 35.9 Å². The standard InChI is InChI=1S/C43H56N3O6/c1-2-28-8-3-4-9-36(50)42-29(12-11-28)13-14-30(24-37(42)51)31-15-16-34(48)38(25-31)52-39(35(49)18-23-47)27-33(32-17-22-46-41(44)26-32)43(19-5-6-20-43)40-10-7-21-45-40/h7,10,13-17,21-22,25-26,28-30,33,35-37,39,42,47-51H,2-6,8-9,18-20,23-24,27H2,1H3,(H2,44,46)/q-1/t28-,29+,30+,33+,35+,36-,37+,39+,42+/m0/s1. The van der Waals surface area contributed by atoms with Crippen LogP contribution in [0.5, 0.6) is 11.5 Å². The van der Waals surface area contributed by atoms with E-state index in [1.807, 2.05) is 36.5 Å². The summed E-state index contributed by atoms with van der Waals surface area (Å²) in [5.74, 6) is 6.71. The largest absolute Gasteiger partial charge is 0.667 e. The van der Waals surface area contributed by atoms with Crippen LogP contribution in [0.2, 0.25) is 0 Å². The molecule has 0 unspecified atom stereocenters. The van der Waals surface area contributed by atoms with Crippen LogP contribution in [0.1, 0.15) is 113 Å². The van der Waals surface area contributed by atoms with Gasteiger partial charge in [-0.1, -0.05) is 74.8 Å². The van der Waals surface area contributed by atoms with Crippen LogP contribution >= 0.6 is 0 Å². The van der Waals surface area contributed by atoms with Gasteiger partial charge in [0.15, 0.2) is 11.5 Å². The van der Waals surface area contributed by atoms with E-state index in [1.165, 1.54) is 0 Å². The predicted molar refractivity (Wildman–Crippen MR) is 202 cm³/mol. The summed E-state index contributed by atoms with van der Waals surface area (Å²) in [5, 5.41) is 55.4. The van der Waals surface area contributed by atoms with Crippen molar-refractivity contribution in [3.63, 3.8) is 0 Å². The second kappa shape index (κ2) is 17.3. The first-order valence-electron chi connectivity index (χ1n) is 19.4. The molecule has 0 aliphatic heterocycles. The summed E-state index contributed by atoms with van der Waals surface area (Å²) in [7, 11) is 0. The number of phenolic OH excluding ortho intramolecular Hbond substituents is 1. The Kier molecular flexibility index (Phi) is 12.7. The zero-order valence-corrected chi connectivity index (χ0v) is 30.4. The Morgan fingerprint density at radius 3 is 2.56 bits per heavy atom. The molecule has 1 aromatic carbocycles. The molecule has 52 heavy (non-hydrogen) atoms. The third kappa shape index (κ3) is 8.52. The minimum absolute atomic E-state index is 0.0675. The summed E-state index contributed by atoms with van der Waals surface area (Å²) in [6, 6.07) is 13.1. The highest BCUT2D eigenvalue weighted by Gasteiger charge is 2.44. The molecule has 6 rings (SSSR count). The molecule has 9 heteroatoms. The Balaban J connectivity index is 1.32. The summed E-state index contributed by atoms with van der Waals surface area (Å²) in [4.78, 5) is 9.03. The molecule has 0 bridgehead atoms. The molecule has 3 aliphatic rings. The van der Waals surface area contributed by atoms with Crippen molar-refractivity contribution in [1.82, 2.24) is 9.97 Å². The number of pyridine rings is 1. The third-order valence-electron chi connectivity index (χ3n) is 12.0. The van der Waals surface area contributed by atoms with Gasteiger partial charge in [-0.3, -0.25) is 0 Å². The first kappa shape index (κ1) is 37.9. The van der Waals surface area contributed by atoms with Crippen LogP contribution in [0.4, 0.5) is 5.82 Å². The van der Waals surface area contributed by atoms with E-state index in [0.29, 0.717) is 31.0 Å². The maximum Gasteiger partial charge on any atom is 0.161 e. The number of nitrogens with zero attached hydrogens (tertiary/aromatic N) is 2. The molecule has 1 fully saturated rings. The topological polar surface area (TPSA) is 163 Å². The van der Waals surface area contributed by atoms with Gasteiger partial charge in [0.1, 0.15) is 11.9 Å². The summed E-state index contributed by atoms with van der Waals surface area (Å²) < 4.78 is 6.62. The number of allylic oxidation sites excluding steroid dienone is 2. The maximum absolute atomic E-state index is 11.6. The lowest BCUT2D eigenvalue weighted by Crippen LogP contribution is -2.40. The lowest BCUT2D eigenvalue weighted by Gasteiger charge is -2.43. The highest BCUT2D eigenvalue weighted by molar-refractivity contribution is 5.45. The Morgan fingerprint density at radius 2 is 1.83 bits per heavy atom. The Hall–Kier alpha value is -3.81. The van der Waals surface area contributed by atoms with Gasteiger partial charge in [-0.25, -0.2) is 4.98 Å². The Bertz CT molecular complexity index is 1680. The van der Waals surface area contributed by atoms with E-state index in [-0.39, 0.29) is 47.7 Å². The van der Waals surface area contributed by atoms with Crippen molar-refractivity contribution in [1.29, 1.82) is 0 Å². The average molecular weight is 711 g/mol. The fourth-order valence-corrected chi connectivity index (χ4v) is 9.13. The second-order valence-electron chi connectivity index (χ2n) is 15.3. The summed E-state index contributed by atoms with van der Waals surface area (Å²) in [6.07, 6.45) is 13.7. The zero-order chi connectivity index (χ0) is 36.7. The quantitative estimate of drug-likeness (QED) is 0.0963. The number of rotatable bonds is 12. The molecule has 0 amide bonds. The highest BCUT2D eigenvalue weighted by atomic mass is 16.5. The van der Waals surface area contributed by atoms with Crippen molar-refractivity contribution >= 4 is 5.82 Å². The molecule has 9 nitrogen and oxygen atoms in total. The number of phenols is 1. The van der Waals surface area contributed by atoms with Gasteiger partial charge in [0.05, 0.1) is 18.3 Å². The first-order valence-corrected chi connectivity index (χ1v) is 19.4. The molecular formula is C43H56N3O6-. The van der Waals surface area contributed by atoms with Crippen LogP contribution in [-0.2, 0) is 5.41 Å². The summed E-state index contributed by atoms with van der Waals surface area (Å²) >= 11 is 0. The van der Waals surface area contributed by atoms with Gasteiger partial charge < -0.3 is 41.0 Å². The molecule has 0 spiro atoms. The molecule has 0 radical (unpaired) electrons. The van der Waals surface area contributed by atoms with Gasteiger partial charge >= 0.3 is 0 Å². The van der Waals surface area contributed by atoms with Crippen molar-refractivity contribution in [3.05, 3.63) is 83.8 Å². The lowest BCUT2D eigenvalue weighted by atomic mass is 9.66. The zero-order valence-electron chi connectivity index (χ0n) is 30.4. The number of aliphatic hydroxyl groups excluding tert-OH is 4. The van der Waals surface area contributed by atoms with Gasteiger partial charge in [-0.15, -0.1) is 0 Å². The molecule has 2 aromatic heterocycles. The van der Waals surface area contributed by atoms with Gasteiger partial charge in [-0.2, -0.15) is 11.9 Å². The minimum Gasteiger partial charge on any atom is -0.667 e. The van der Waals surface area contributed by atoms with E-state index in [9.17, 15) is 25.5 Å². The number of anilines is 1. The normalized spacial score (nSPS) is 27.7. The molecule has 7 N–H and O–H groups in total. The Morgan fingerprint density at radius 1 is 1.02 bits per heavy atom. The van der Waals surface area contributed by atoms with Gasteiger partial charge in [0, 0.05) is 42.9 Å². The molecule has 2 heterocycles. The molecule has 3 aliphatic carbocycles. The number of aromatic nitrogens is 2. The van der Waals surface area contributed by atoms with E-state index in [1.54, 1.807) is 18.3 Å². The second-order valence-corrected chi connectivity index (χ2v) is 15.3. The number of aliphatic hydroxyl groups is 4. The number of benzene rings is 1. The number of nitrogens with two attached hydrogens (primary N) is 1. The first-order chi connectivity index (χ1) is 25.2. The van der Waals surface area contributed by atoms with Crippen LogP contribution in [-0.4, -0.2) is 61.5 Å². The van der Waals surface area contributed by atoms with Gasteiger partial charge in [-0.05, 0) is 91.7 Å². The summed E-state index contributed by atoms with van der Waals surface area (Å²) in [6.45, 7) is 1.93. The molecular weight excluding hydrogens is 654 g/mol. The number of fused-ring (bicyclic) bond motifs is 1. The highest BCUT2D eigenvalue weighted by Crippen LogP contribution is 2.53. The van der Waals surface area contributed by atoms with Gasteiger partial charge in [0.25, 0.3) is 0 Å². The van der Waals surface area contributed by atoms with Crippen molar-refractivity contribution in [2.24, 2.45) is 17.8 Å². The van der Waals surface area contributed by atoms with E-state index in [0.717, 1.165) is 68.2 Å². The molecule has 280 valence electrons. The fraction of sp³-hybridized carbons (Fsp3) is 0.558. The molecule has 1 saturated carbocycles. The van der Waals surface area contributed by atoms with Crippen LogP contribution in [0.15, 0.2) is 67.0 Å². The van der Waals surface area contributed by atoms with Gasteiger partial charge in [0.2, 0.25) is 0 Å². The van der Waals surface area contributed by atoms with Crippen LogP contribution in [0.3, 0.4) is 0 Å². The number of aromatic hydroxyl groups is 1. The molecule has 0 saturated heterocycles. The van der Waals surface area contributed by atoms with E-state index in [4.69, 9.17) is 15.5 Å². The smallest absolute Gasteiger partial charge is 0.161 e. The summed E-state index contributed by atoms with van der Waals surface area (Å²) in [5.41, 5.74) is 8.72. The van der Waals surface area contributed by atoms with Crippen molar-refractivity contribution in [3.8, 4) is 23.3 Å². The minimum atomic E-state index is -1.03. The number of ether oxygens (including phenoxy) is 1.